The molecule has 21 heavy (non-hydrogen) atoms. The van der Waals surface area contributed by atoms with E-state index in [1.165, 1.54) is 84.2 Å². The van der Waals surface area contributed by atoms with Gasteiger partial charge in [-0.25, -0.2) is 0 Å². The van der Waals surface area contributed by atoms with Gasteiger partial charge in [0.15, 0.2) is 0 Å². The van der Waals surface area contributed by atoms with Gasteiger partial charge in [0, 0.05) is 6.42 Å². The van der Waals surface area contributed by atoms with E-state index in [-0.39, 0.29) is 5.97 Å². The molecule has 1 aliphatic rings. The summed E-state index contributed by atoms with van der Waals surface area (Å²) in [4.78, 5) is 11.1. The Bertz CT molecular complexity index is 262. The second-order valence-electron chi connectivity index (χ2n) is 6.83. The van der Waals surface area contributed by atoms with E-state index in [9.17, 15) is 4.79 Å². The summed E-state index contributed by atoms with van der Waals surface area (Å²) in [6.45, 7) is 2.28. The van der Waals surface area contributed by atoms with E-state index in [2.05, 4.69) is 6.92 Å². The first-order chi connectivity index (χ1) is 10.3. The highest BCUT2D eigenvalue weighted by atomic mass is 16.5. The molecule has 0 saturated heterocycles. The van der Waals surface area contributed by atoms with Crippen LogP contribution in [0.1, 0.15) is 96.8 Å². The number of methoxy groups -OCH3 is 1. The van der Waals surface area contributed by atoms with Gasteiger partial charge in [0.05, 0.1) is 7.11 Å². The summed E-state index contributed by atoms with van der Waals surface area (Å²) in [6.07, 6.45) is 18.4. The molecule has 0 spiro atoms. The third-order valence-electron chi connectivity index (χ3n) is 5.18. The minimum atomic E-state index is -0.0499. The van der Waals surface area contributed by atoms with Crippen molar-refractivity contribution in [2.75, 3.05) is 7.11 Å². The van der Waals surface area contributed by atoms with E-state index in [0.717, 1.165) is 18.3 Å². The van der Waals surface area contributed by atoms with Crippen molar-refractivity contribution in [2.24, 2.45) is 11.8 Å². The molecule has 0 amide bonds. The van der Waals surface area contributed by atoms with E-state index in [0.29, 0.717) is 6.42 Å². The Hall–Kier alpha value is -0.530. The second-order valence-corrected chi connectivity index (χ2v) is 6.83. The second kappa shape index (κ2) is 12.1. The highest BCUT2D eigenvalue weighted by Gasteiger charge is 2.24. The Kier molecular flexibility index (Phi) is 10.6. The summed E-state index contributed by atoms with van der Waals surface area (Å²) in [5.74, 6) is 1.85. The molecule has 0 N–H and O–H groups in total. The van der Waals surface area contributed by atoms with Gasteiger partial charge in [-0.05, 0) is 18.3 Å². The summed E-state index contributed by atoms with van der Waals surface area (Å²) < 4.78 is 4.71. The quantitative estimate of drug-likeness (QED) is 0.351. The number of carbonyl (C=O) groups is 1. The third kappa shape index (κ3) is 8.48. The minimum absolute atomic E-state index is 0.0499. The van der Waals surface area contributed by atoms with Gasteiger partial charge in [0.2, 0.25) is 0 Å². The molecule has 1 rings (SSSR count). The number of rotatable bonds is 11. The first-order valence-corrected chi connectivity index (χ1v) is 9.34. The summed E-state index contributed by atoms with van der Waals surface area (Å²) in [7, 11) is 1.48. The molecule has 1 saturated carbocycles. The van der Waals surface area contributed by atoms with Crippen molar-refractivity contribution in [3.05, 3.63) is 0 Å². The smallest absolute Gasteiger partial charge is 0.305 e. The summed E-state index contributed by atoms with van der Waals surface area (Å²) in [5.41, 5.74) is 0. The van der Waals surface area contributed by atoms with Crippen molar-refractivity contribution in [1.82, 2.24) is 0 Å². The number of esters is 1. The SMILES string of the molecule is CCCCCCCC1CCCCC1CCCCC(=O)OC. The van der Waals surface area contributed by atoms with Gasteiger partial charge in [-0.3, -0.25) is 4.79 Å². The Morgan fingerprint density at radius 1 is 0.905 bits per heavy atom. The van der Waals surface area contributed by atoms with Crippen molar-refractivity contribution in [1.29, 1.82) is 0 Å². The molecule has 2 heteroatoms. The van der Waals surface area contributed by atoms with Crippen molar-refractivity contribution in [3.8, 4) is 0 Å². The van der Waals surface area contributed by atoms with Crippen molar-refractivity contribution < 1.29 is 9.53 Å². The van der Waals surface area contributed by atoms with E-state index in [1.54, 1.807) is 0 Å². The normalized spacial score (nSPS) is 22.2. The lowest BCUT2D eigenvalue weighted by molar-refractivity contribution is -0.140. The van der Waals surface area contributed by atoms with Crippen LogP contribution in [0.4, 0.5) is 0 Å². The van der Waals surface area contributed by atoms with Crippen LogP contribution in [-0.2, 0) is 9.53 Å². The fourth-order valence-electron chi connectivity index (χ4n) is 3.83. The van der Waals surface area contributed by atoms with Crippen molar-refractivity contribution >= 4 is 5.97 Å². The van der Waals surface area contributed by atoms with Crippen molar-refractivity contribution in [3.63, 3.8) is 0 Å². The Morgan fingerprint density at radius 3 is 2.05 bits per heavy atom. The standard InChI is InChI=1S/C19H36O2/c1-3-4-5-6-7-12-17-13-8-9-14-18(17)15-10-11-16-19(20)21-2/h17-18H,3-16H2,1-2H3. The van der Waals surface area contributed by atoms with Crippen LogP contribution in [0.5, 0.6) is 0 Å². The lowest BCUT2D eigenvalue weighted by Gasteiger charge is -2.32. The molecule has 0 aromatic heterocycles. The lowest BCUT2D eigenvalue weighted by atomic mass is 9.74. The van der Waals surface area contributed by atoms with Crippen LogP contribution in [0.3, 0.4) is 0 Å². The zero-order chi connectivity index (χ0) is 15.3. The monoisotopic (exact) mass is 296 g/mol. The Morgan fingerprint density at radius 2 is 1.48 bits per heavy atom. The molecule has 1 aliphatic carbocycles. The van der Waals surface area contributed by atoms with Crippen LogP contribution in [0.15, 0.2) is 0 Å². The molecule has 124 valence electrons. The Balaban J connectivity index is 2.15. The molecule has 1 fully saturated rings. The molecule has 2 atom stereocenters. The summed E-state index contributed by atoms with van der Waals surface area (Å²) in [6, 6.07) is 0. The summed E-state index contributed by atoms with van der Waals surface area (Å²) >= 11 is 0. The van der Waals surface area contributed by atoms with E-state index in [1.807, 2.05) is 0 Å². The highest BCUT2D eigenvalue weighted by Crippen LogP contribution is 2.36. The molecule has 2 unspecified atom stereocenters. The predicted molar refractivity (Wildman–Crippen MR) is 89.3 cm³/mol. The van der Waals surface area contributed by atoms with Gasteiger partial charge in [-0.2, -0.15) is 0 Å². The number of hydrogen-bond acceptors (Lipinski definition) is 2. The van der Waals surface area contributed by atoms with Crippen LogP contribution in [-0.4, -0.2) is 13.1 Å². The molecule has 0 aromatic rings. The van der Waals surface area contributed by atoms with E-state index in [4.69, 9.17) is 4.74 Å². The fourth-order valence-corrected chi connectivity index (χ4v) is 3.83. The van der Waals surface area contributed by atoms with Gasteiger partial charge in [-0.15, -0.1) is 0 Å². The summed E-state index contributed by atoms with van der Waals surface area (Å²) in [5, 5.41) is 0. The molecule has 0 bridgehead atoms. The van der Waals surface area contributed by atoms with Crippen LogP contribution < -0.4 is 0 Å². The zero-order valence-electron chi connectivity index (χ0n) is 14.4. The number of ether oxygens (including phenoxy) is 1. The van der Waals surface area contributed by atoms with Gasteiger partial charge in [0.25, 0.3) is 0 Å². The molecule has 0 radical (unpaired) electrons. The third-order valence-corrected chi connectivity index (χ3v) is 5.18. The number of hydrogen-bond donors (Lipinski definition) is 0. The molecule has 2 nitrogen and oxygen atoms in total. The average molecular weight is 296 g/mol. The van der Waals surface area contributed by atoms with Crippen molar-refractivity contribution in [2.45, 2.75) is 96.8 Å². The molecule has 0 heterocycles. The molecule has 0 aliphatic heterocycles. The van der Waals surface area contributed by atoms with Crippen LogP contribution in [0.25, 0.3) is 0 Å². The van der Waals surface area contributed by atoms with Gasteiger partial charge < -0.3 is 4.74 Å². The van der Waals surface area contributed by atoms with Gasteiger partial charge >= 0.3 is 5.97 Å². The largest absolute Gasteiger partial charge is 0.469 e. The lowest BCUT2D eigenvalue weighted by Crippen LogP contribution is -2.19. The predicted octanol–water partition coefficient (Wildman–Crippen LogP) is 5.89. The Labute approximate surface area is 132 Å². The first-order valence-electron chi connectivity index (χ1n) is 9.34. The van der Waals surface area contributed by atoms with E-state index >= 15 is 0 Å². The maximum atomic E-state index is 11.1. The topological polar surface area (TPSA) is 26.3 Å². The molecular weight excluding hydrogens is 260 g/mol. The van der Waals surface area contributed by atoms with E-state index < -0.39 is 0 Å². The number of carbonyl (C=O) groups excluding carboxylic acids is 1. The van der Waals surface area contributed by atoms with Crippen LogP contribution >= 0.6 is 0 Å². The van der Waals surface area contributed by atoms with Gasteiger partial charge in [0.1, 0.15) is 0 Å². The molecular formula is C19H36O2. The number of unbranched alkanes of at least 4 members (excludes halogenated alkanes) is 5. The maximum absolute atomic E-state index is 11.1. The minimum Gasteiger partial charge on any atom is -0.469 e. The first kappa shape index (κ1) is 18.5. The maximum Gasteiger partial charge on any atom is 0.305 e. The van der Waals surface area contributed by atoms with Crippen LogP contribution in [0, 0.1) is 11.8 Å². The van der Waals surface area contributed by atoms with Crippen LogP contribution in [0.2, 0.25) is 0 Å². The molecule has 0 aromatic carbocycles. The zero-order valence-corrected chi connectivity index (χ0v) is 14.4. The fraction of sp³-hybridized carbons (Fsp3) is 0.947. The van der Waals surface area contributed by atoms with Gasteiger partial charge in [-0.1, -0.05) is 84.0 Å². The highest BCUT2D eigenvalue weighted by molar-refractivity contribution is 5.68. The average Bonchev–Trinajstić information content (AvgIpc) is 2.52.